The highest BCUT2D eigenvalue weighted by molar-refractivity contribution is 7.87. The molecule has 0 aromatic heterocycles. The van der Waals surface area contributed by atoms with Gasteiger partial charge in [0.2, 0.25) is 0 Å². The molecule has 2 aromatic rings. The summed E-state index contributed by atoms with van der Waals surface area (Å²) < 4.78 is 40.3. The van der Waals surface area contributed by atoms with E-state index in [4.69, 9.17) is 13.7 Å². The third-order valence-corrected chi connectivity index (χ3v) is 5.10. The lowest BCUT2D eigenvalue weighted by Gasteiger charge is -2.23. The number of hydrogen-bond donors (Lipinski definition) is 1. The van der Waals surface area contributed by atoms with E-state index in [1.54, 1.807) is 58.0 Å². The second kappa shape index (κ2) is 10.3. The smallest absolute Gasteiger partial charge is 0.408 e. The van der Waals surface area contributed by atoms with Crippen LogP contribution >= 0.6 is 0 Å². The van der Waals surface area contributed by atoms with Gasteiger partial charge in [-0.3, -0.25) is 0 Å². The number of nitrogens with one attached hydrogen (secondary N) is 1. The molecule has 0 aliphatic heterocycles. The minimum atomic E-state index is -4.00. The van der Waals surface area contributed by atoms with Crippen LogP contribution in [0.2, 0.25) is 0 Å². The van der Waals surface area contributed by atoms with Gasteiger partial charge in [0.1, 0.15) is 22.3 Å². The molecular weight excluding hydrogens is 422 g/mol. The van der Waals surface area contributed by atoms with E-state index in [0.717, 1.165) is 0 Å². The summed E-state index contributed by atoms with van der Waals surface area (Å²) in [7, 11) is -4.00. The molecule has 0 bridgehead atoms. The first-order chi connectivity index (χ1) is 14.5. The summed E-state index contributed by atoms with van der Waals surface area (Å²) in [6.45, 7) is 6.93. The van der Waals surface area contributed by atoms with Crippen LogP contribution in [0, 0.1) is 0 Å². The molecule has 0 heterocycles. The molecule has 1 N–H and O–H groups in total. The van der Waals surface area contributed by atoms with Crippen molar-refractivity contribution < 1.29 is 31.7 Å². The van der Waals surface area contributed by atoms with E-state index in [0.29, 0.717) is 5.56 Å². The molecule has 31 heavy (non-hydrogen) atoms. The van der Waals surface area contributed by atoms with Gasteiger partial charge in [-0.1, -0.05) is 30.3 Å². The number of hydrogen-bond acceptors (Lipinski definition) is 7. The first-order valence-electron chi connectivity index (χ1n) is 9.75. The number of ether oxygens (including phenoxy) is 2. The minimum Gasteiger partial charge on any atom is -0.464 e. The summed E-state index contributed by atoms with van der Waals surface area (Å²) in [5.41, 5.74) is -0.169. The zero-order valence-corrected chi connectivity index (χ0v) is 18.8. The quantitative estimate of drug-likeness (QED) is 0.486. The lowest BCUT2D eigenvalue weighted by Crippen LogP contribution is -2.45. The highest BCUT2D eigenvalue weighted by Crippen LogP contribution is 2.21. The number of rotatable bonds is 8. The van der Waals surface area contributed by atoms with Crippen LogP contribution in [-0.4, -0.2) is 38.7 Å². The van der Waals surface area contributed by atoms with Gasteiger partial charge in [0.25, 0.3) is 0 Å². The van der Waals surface area contributed by atoms with Crippen LogP contribution in [0.3, 0.4) is 0 Å². The number of alkyl carbamates (subject to hydrolysis) is 1. The van der Waals surface area contributed by atoms with Crippen LogP contribution in [0.15, 0.2) is 59.5 Å². The van der Waals surface area contributed by atoms with Crippen molar-refractivity contribution in [1.29, 1.82) is 0 Å². The molecule has 9 heteroatoms. The van der Waals surface area contributed by atoms with Crippen molar-refractivity contribution in [2.75, 3.05) is 6.61 Å². The number of amides is 1. The Kier molecular flexibility index (Phi) is 8.04. The third kappa shape index (κ3) is 7.93. The SMILES string of the molecule is CCOC(=O)[C@H](Cc1cccc(OS(=O)(=O)c2ccccc2)c1)NC(=O)OC(C)(C)C. The first kappa shape index (κ1) is 24.2. The fourth-order valence-electron chi connectivity index (χ4n) is 2.61. The van der Waals surface area contributed by atoms with Crippen molar-refractivity contribution in [3.05, 3.63) is 60.2 Å². The average molecular weight is 450 g/mol. The van der Waals surface area contributed by atoms with Gasteiger partial charge >= 0.3 is 22.2 Å². The van der Waals surface area contributed by atoms with E-state index < -0.39 is 33.8 Å². The molecule has 0 fully saturated rings. The van der Waals surface area contributed by atoms with E-state index >= 15 is 0 Å². The van der Waals surface area contributed by atoms with E-state index in [1.165, 1.54) is 24.3 Å². The normalized spacial score (nSPS) is 12.5. The van der Waals surface area contributed by atoms with Gasteiger partial charge < -0.3 is 19.0 Å². The van der Waals surface area contributed by atoms with Gasteiger partial charge in [-0.2, -0.15) is 8.42 Å². The second-order valence-electron chi connectivity index (χ2n) is 7.65. The van der Waals surface area contributed by atoms with Crippen molar-refractivity contribution in [1.82, 2.24) is 5.32 Å². The van der Waals surface area contributed by atoms with Crippen LogP contribution < -0.4 is 9.50 Å². The molecular formula is C22H27NO7S. The van der Waals surface area contributed by atoms with Crippen molar-refractivity contribution in [2.24, 2.45) is 0 Å². The lowest BCUT2D eigenvalue weighted by molar-refractivity contribution is -0.145. The second-order valence-corrected chi connectivity index (χ2v) is 9.20. The predicted molar refractivity (Wildman–Crippen MR) is 114 cm³/mol. The molecule has 0 spiro atoms. The van der Waals surface area contributed by atoms with E-state index in [-0.39, 0.29) is 23.7 Å². The van der Waals surface area contributed by atoms with E-state index in [1.807, 2.05) is 0 Å². The maximum Gasteiger partial charge on any atom is 0.408 e. The Hall–Kier alpha value is -3.07. The average Bonchev–Trinajstić information content (AvgIpc) is 2.67. The first-order valence-corrected chi connectivity index (χ1v) is 11.2. The summed E-state index contributed by atoms with van der Waals surface area (Å²) in [6.07, 6.45) is -0.703. The summed E-state index contributed by atoms with van der Waals surface area (Å²) >= 11 is 0. The van der Waals surface area contributed by atoms with Gasteiger partial charge in [-0.05, 0) is 57.5 Å². The highest BCUT2D eigenvalue weighted by Gasteiger charge is 2.26. The zero-order chi connectivity index (χ0) is 23.1. The van der Waals surface area contributed by atoms with Crippen LogP contribution in [0.4, 0.5) is 4.79 Å². The number of carbonyl (C=O) groups excluding carboxylic acids is 2. The van der Waals surface area contributed by atoms with E-state index in [9.17, 15) is 18.0 Å². The van der Waals surface area contributed by atoms with E-state index in [2.05, 4.69) is 5.32 Å². The maximum absolute atomic E-state index is 12.4. The molecule has 0 aliphatic rings. The summed E-state index contributed by atoms with van der Waals surface area (Å²) in [5, 5.41) is 2.51. The van der Waals surface area contributed by atoms with Gasteiger partial charge in [0.05, 0.1) is 6.61 Å². The molecule has 2 rings (SSSR count). The number of carbonyl (C=O) groups is 2. The van der Waals surface area contributed by atoms with Crippen LogP contribution in [0.1, 0.15) is 33.3 Å². The maximum atomic E-state index is 12.4. The molecule has 0 saturated carbocycles. The van der Waals surface area contributed by atoms with Crippen molar-refractivity contribution in [3.63, 3.8) is 0 Å². The Morgan fingerprint density at radius 2 is 1.71 bits per heavy atom. The molecule has 0 saturated heterocycles. The summed E-state index contributed by atoms with van der Waals surface area (Å²) in [5.74, 6) is -0.544. The fourth-order valence-corrected chi connectivity index (χ4v) is 3.55. The number of esters is 1. The molecule has 0 radical (unpaired) electrons. The zero-order valence-electron chi connectivity index (χ0n) is 18.0. The number of benzene rings is 2. The van der Waals surface area contributed by atoms with Gasteiger partial charge in [0, 0.05) is 6.42 Å². The molecule has 0 aliphatic carbocycles. The standard InChI is InChI=1S/C22H27NO7S/c1-5-28-20(24)19(23-21(25)29-22(2,3)4)15-16-10-9-11-17(14-16)30-31(26,27)18-12-7-6-8-13-18/h6-14,19H,5,15H2,1-4H3,(H,23,25)/t19-/m0/s1. The van der Waals surface area contributed by atoms with Gasteiger partial charge in [-0.15, -0.1) is 0 Å². The largest absolute Gasteiger partial charge is 0.464 e. The Labute approximate surface area is 182 Å². The van der Waals surface area contributed by atoms with Gasteiger partial charge in [-0.25, -0.2) is 9.59 Å². The van der Waals surface area contributed by atoms with Crippen LogP contribution in [0.25, 0.3) is 0 Å². The monoisotopic (exact) mass is 449 g/mol. The van der Waals surface area contributed by atoms with Crippen molar-refractivity contribution in [2.45, 2.75) is 50.7 Å². The highest BCUT2D eigenvalue weighted by atomic mass is 32.2. The Bertz CT molecular complexity index is 998. The summed E-state index contributed by atoms with van der Waals surface area (Å²) in [6, 6.07) is 13.0. The third-order valence-electron chi connectivity index (χ3n) is 3.84. The molecule has 1 amide bonds. The Morgan fingerprint density at radius 1 is 1.03 bits per heavy atom. The molecule has 168 valence electrons. The van der Waals surface area contributed by atoms with Gasteiger partial charge in [0.15, 0.2) is 0 Å². The molecule has 0 unspecified atom stereocenters. The van der Waals surface area contributed by atoms with Crippen LogP contribution in [-0.2, 0) is 30.8 Å². The lowest BCUT2D eigenvalue weighted by atomic mass is 10.1. The summed E-state index contributed by atoms with van der Waals surface area (Å²) in [4.78, 5) is 24.5. The minimum absolute atomic E-state index is 0.0244. The Balaban J connectivity index is 2.18. The molecule has 1 atom stereocenters. The fraction of sp³-hybridized carbons (Fsp3) is 0.364. The van der Waals surface area contributed by atoms with Crippen molar-refractivity contribution in [3.8, 4) is 5.75 Å². The van der Waals surface area contributed by atoms with Crippen molar-refractivity contribution >= 4 is 22.2 Å². The Morgan fingerprint density at radius 3 is 2.32 bits per heavy atom. The topological polar surface area (TPSA) is 108 Å². The van der Waals surface area contributed by atoms with Crippen LogP contribution in [0.5, 0.6) is 5.75 Å². The molecule has 8 nitrogen and oxygen atoms in total. The molecule has 2 aromatic carbocycles. The predicted octanol–water partition coefficient (Wildman–Crippen LogP) is 3.45.